The molecule has 3 atom stereocenters. The highest BCUT2D eigenvalue weighted by atomic mass is 16.6. The Morgan fingerprint density at radius 1 is 0.976 bits per heavy atom. The van der Waals surface area contributed by atoms with Crippen molar-refractivity contribution in [2.24, 2.45) is 10.8 Å². The van der Waals surface area contributed by atoms with Crippen LogP contribution in [-0.4, -0.2) is 34.5 Å². The number of carbonyl (C=O) groups excluding carboxylic acids is 1. The second-order valence-corrected chi connectivity index (χ2v) is 15.0. The second kappa shape index (κ2) is 15.0. The third kappa shape index (κ3) is 11.2. The number of aryl methyl sites for hydroxylation is 1. The zero-order valence-corrected chi connectivity index (χ0v) is 27.6. The van der Waals surface area contributed by atoms with E-state index in [9.17, 15) is 9.90 Å². The molecular formula is C38H58O4. The van der Waals surface area contributed by atoms with Crippen LogP contribution in [0.5, 0.6) is 0 Å². The monoisotopic (exact) mass is 578 g/mol. The maximum atomic E-state index is 12.6. The highest BCUT2D eigenvalue weighted by molar-refractivity contribution is 5.70. The summed E-state index contributed by atoms with van der Waals surface area (Å²) in [5.41, 5.74) is 1.96. The van der Waals surface area contributed by atoms with Crippen molar-refractivity contribution < 1.29 is 19.4 Å². The van der Waals surface area contributed by atoms with E-state index >= 15 is 0 Å². The Bertz CT molecular complexity index is 1060. The molecule has 3 rings (SSSR count). The third-order valence-corrected chi connectivity index (χ3v) is 8.92. The van der Waals surface area contributed by atoms with E-state index in [4.69, 9.17) is 9.47 Å². The minimum atomic E-state index is -0.504. The Morgan fingerprint density at radius 2 is 1.69 bits per heavy atom. The molecule has 4 heteroatoms. The average Bonchev–Trinajstić information content (AvgIpc) is 2.86. The van der Waals surface area contributed by atoms with E-state index in [2.05, 4.69) is 61.6 Å². The molecule has 0 amide bonds. The molecule has 0 bridgehead atoms. The summed E-state index contributed by atoms with van der Waals surface area (Å²) in [4.78, 5) is 12.6. The van der Waals surface area contributed by atoms with Crippen molar-refractivity contribution in [1.82, 2.24) is 0 Å². The summed E-state index contributed by atoms with van der Waals surface area (Å²) in [7, 11) is 0. The van der Waals surface area contributed by atoms with Gasteiger partial charge in [0.2, 0.25) is 0 Å². The highest BCUT2D eigenvalue weighted by Crippen LogP contribution is 2.48. The number of allylic oxidation sites excluding steroid dienone is 4. The Morgan fingerprint density at radius 3 is 2.31 bits per heavy atom. The molecule has 42 heavy (non-hydrogen) atoms. The number of carbonyl (C=O) groups is 1. The van der Waals surface area contributed by atoms with Gasteiger partial charge in [-0.3, -0.25) is 4.79 Å². The fraction of sp³-hybridized carbons (Fsp3) is 0.658. The van der Waals surface area contributed by atoms with E-state index in [-0.39, 0.29) is 34.9 Å². The van der Waals surface area contributed by atoms with Gasteiger partial charge in [-0.15, -0.1) is 0 Å². The molecule has 1 unspecified atom stereocenters. The Hall–Kier alpha value is -2.17. The average molecular weight is 579 g/mol. The van der Waals surface area contributed by atoms with Gasteiger partial charge in [-0.2, -0.15) is 0 Å². The first-order chi connectivity index (χ1) is 19.7. The van der Waals surface area contributed by atoms with Crippen LogP contribution in [0.15, 0.2) is 66.3 Å². The van der Waals surface area contributed by atoms with Crippen molar-refractivity contribution in [3.63, 3.8) is 0 Å². The minimum absolute atomic E-state index is 0.0322. The van der Waals surface area contributed by atoms with E-state index < -0.39 is 11.7 Å². The lowest BCUT2D eigenvalue weighted by atomic mass is 9.62. The summed E-state index contributed by atoms with van der Waals surface area (Å²) >= 11 is 0. The molecule has 0 spiro atoms. The lowest BCUT2D eigenvalue weighted by Crippen LogP contribution is -2.40. The van der Waals surface area contributed by atoms with Crippen molar-refractivity contribution in [3.8, 4) is 0 Å². The number of ether oxygens (including phenoxy) is 2. The number of hydrogen-bond donors (Lipinski definition) is 1. The number of rotatable bonds is 13. The van der Waals surface area contributed by atoms with Crippen LogP contribution in [0, 0.1) is 10.8 Å². The summed E-state index contributed by atoms with van der Waals surface area (Å²) < 4.78 is 11.9. The van der Waals surface area contributed by atoms with E-state index in [0.29, 0.717) is 6.42 Å². The second-order valence-electron chi connectivity index (χ2n) is 15.0. The van der Waals surface area contributed by atoms with Gasteiger partial charge in [-0.25, -0.2) is 0 Å². The molecule has 0 saturated heterocycles. The van der Waals surface area contributed by atoms with Crippen molar-refractivity contribution >= 4 is 5.97 Å². The molecule has 1 aromatic rings. The van der Waals surface area contributed by atoms with Gasteiger partial charge in [-0.1, -0.05) is 86.1 Å². The Balaban J connectivity index is 1.62. The SMILES string of the molecule is CC(C)(C)OC(=O)CC(C/C=C1\CCCC[C@@]1(C)/C=C/C=C/[C@H](O)C1(CCCc2ccccc2)CCC1)OC(C)(C)C. The largest absolute Gasteiger partial charge is 0.460 e. The number of aliphatic hydroxyl groups is 1. The van der Waals surface area contributed by atoms with Gasteiger partial charge >= 0.3 is 5.97 Å². The first-order valence-electron chi connectivity index (χ1n) is 16.4. The van der Waals surface area contributed by atoms with Gasteiger partial charge in [-0.05, 0) is 110 Å². The van der Waals surface area contributed by atoms with Crippen molar-refractivity contribution in [1.29, 1.82) is 0 Å². The number of benzene rings is 1. The van der Waals surface area contributed by atoms with E-state index in [1.54, 1.807) is 0 Å². The zero-order chi connectivity index (χ0) is 30.9. The fourth-order valence-corrected chi connectivity index (χ4v) is 6.55. The standard InChI is InChI=1S/C38H58O4/c1-35(2,3)41-32(29-34(40)42-36(4,5)6)23-22-31-20-11-13-24-37(31,7)25-14-12-21-33(39)38(27-16-28-38)26-15-19-30-17-9-8-10-18-30/h8-10,12,14,17-18,21-22,25,32-33,39H,11,13,15-16,19-20,23-24,26-29H2,1-7H3/b21-12+,25-14+,31-22+/t32?,33-,37-/m0/s1. The maximum Gasteiger partial charge on any atom is 0.308 e. The lowest BCUT2D eigenvalue weighted by Gasteiger charge is -2.45. The van der Waals surface area contributed by atoms with Gasteiger partial charge in [0, 0.05) is 5.41 Å². The molecule has 2 aliphatic rings. The van der Waals surface area contributed by atoms with Crippen LogP contribution in [0.25, 0.3) is 0 Å². The zero-order valence-electron chi connectivity index (χ0n) is 27.6. The van der Waals surface area contributed by atoms with Crippen LogP contribution in [0.2, 0.25) is 0 Å². The molecule has 1 N–H and O–H groups in total. The molecule has 4 nitrogen and oxygen atoms in total. The quantitative estimate of drug-likeness (QED) is 0.144. The first kappa shape index (κ1) is 34.3. The lowest BCUT2D eigenvalue weighted by molar-refractivity contribution is -0.160. The van der Waals surface area contributed by atoms with Crippen LogP contribution >= 0.6 is 0 Å². The summed E-state index contributed by atoms with van der Waals surface area (Å²) in [5.74, 6) is -0.213. The Kier molecular flexibility index (Phi) is 12.3. The smallest absolute Gasteiger partial charge is 0.308 e. The van der Waals surface area contributed by atoms with Crippen LogP contribution in [0.3, 0.4) is 0 Å². The topological polar surface area (TPSA) is 55.8 Å². The third-order valence-electron chi connectivity index (χ3n) is 8.92. The van der Waals surface area contributed by atoms with Gasteiger partial charge in [0.15, 0.2) is 0 Å². The molecule has 2 saturated carbocycles. The molecule has 2 aliphatic carbocycles. The van der Waals surface area contributed by atoms with Crippen LogP contribution in [0.1, 0.15) is 125 Å². The van der Waals surface area contributed by atoms with Crippen molar-refractivity contribution in [2.45, 2.75) is 149 Å². The molecule has 2 fully saturated rings. The number of esters is 1. The van der Waals surface area contributed by atoms with E-state index in [0.717, 1.165) is 44.9 Å². The van der Waals surface area contributed by atoms with Gasteiger partial charge in [0.25, 0.3) is 0 Å². The number of hydrogen-bond acceptors (Lipinski definition) is 4. The summed E-state index contributed by atoms with van der Waals surface area (Å²) in [6, 6.07) is 10.7. The van der Waals surface area contributed by atoms with Gasteiger partial charge < -0.3 is 14.6 Å². The molecule has 234 valence electrons. The Labute approximate surface area is 256 Å². The molecule has 0 radical (unpaired) electrons. The summed E-state index contributed by atoms with van der Waals surface area (Å²) in [6.07, 6.45) is 22.4. The van der Waals surface area contributed by atoms with Gasteiger partial charge in [0.05, 0.1) is 24.2 Å². The summed E-state index contributed by atoms with van der Waals surface area (Å²) in [5, 5.41) is 11.2. The molecule has 0 aliphatic heterocycles. The van der Waals surface area contributed by atoms with Crippen LogP contribution < -0.4 is 0 Å². The van der Waals surface area contributed by atoms with Crippen LogP contribution in [-0.2, 0) is 20.7 Å². The predicted molar refractivity (Wildman–Crippen MR) is 174 cm³/mol. The minimum Gasteiger partial charge on any atom is -0.460 e. The molecular weight excluding hydrogens is 520 g/mol. The van der Waals surface area contributed by atoms with Crippen molar-refractivity contribution in [2.75, 3.05) is 0 Å². The normalized spacial score (nSPS) is 23.7. The van der Waals surface area contributed by atoms with E-state index in [1.165, 1.54) is 30.4 Å². The van der Waals surface area contributed by atoms with E-state index in [1.807, 2.05) is 47.6 Å². The molecule has 1 aromatic carbocycles. The fourth-order valence-electron chi connectivity index (χ4n) is 6.55. The highest BCUT2D eigenvalue weighted by Gasteiger charge is 2.41. The van der Waals surface area contributed by atoms with Crippen molar-refractivity contribution in [3.05, 3.63) is 71.8 Å². The first-order valence-corrected chi connectivity index (χ1v) is 16.4. The summed E-state index contributed by atoms with van der Waals surface area (Å²) in [6.45, 7) is 14.1. The van der Waals surface area contributed by atoms with Gasteiger partial charge in [0.1, 0.15) is 5.60 Å². The number of aliphatic hydroxyl groups excluding tert-OH is 1. The molecule has 0 heterocycles. The molecule has 0 aromatic heterocycles. The predicted octanol–water partition coefficient (Wildman–Crippen LogP) is 9.47. The maximum absolute atomic E-state index is 12.6. The van der Waals surface area contributed by atoms with Crippen LogP contribution in [0.4, 0.5) is 0 Å².